The smallest absolute Gasteiger partial charge is 0.0554 e. The zero-order valence-electron chi connectivity index (χ0n) is 5.44. The van der Waals surface area contributed by atoms with Crippen LogP contribution in [0.3, 0.4) is 0 Å². The molecule has 0 amide bonds. The van der Waals surface area contributed by atoms with E-state index in [-0.39, 0.29) is 0 Å². The molecular formula is C7H10N2. The summed E-state index contributed by atoms with van der Waals surface area (Å²) in [7, 11) is 0. The van der Waals surface area contributed by atoms with Crippen molar-refractivity contribution in [2.75, 3.05) is 11.9 Å². The molecule has 0 aromatic carbocycles. The van der Waals surface area contributed by atoms with Crippen LogP contribution >= 0.6 is 0 Å². The van der Waals surface area contributed by atoms with Gasteiger partial charge in [-0.05, 0) is 6.07 Å². The first-order valence-electron chi connectivity index (χ1n) is 3.29. The van der Waals surface area contributed by atoms with E-state index < -0.39 is 0 Å². The molecule has 2 rings (SSSR count). The minimum Gasteiger partial charge on any atom is -0.383 e. The number of hydrogen-bond donors (Lipinski definition) is 2. The van der Waals surface area contributed by atoms with Gasteiger partial charge in [0.15, 0.2) is 0 Å². The highest BCUT2D eigenvalue weighted by molar-refractivity contribution is 5.54. The second-order valence-corrected chi connectivity index (χ2v) is 2.59. The summed E-state index contributed by atoms with van der Waals surface area (Å²) in [4.78, 5) is 3.20. The maximum atomic E-state index is 3.30. The van der Waals surface area contributed by atoms with Gasteiger partial charge in [-0.1, -0.05) is 6.92 Å². The Morgan fingerprint density at radius 3 is 3.33 bits per heavy atom. The van der Waals surface area contributed by atoms with Crippen molar-refractivity contribution < 1.29 is 0 Å². The van der Waals surface area contributed by atoms with E-state index in [0.717, 1.165) is 6.54 Å². The Balaban J connectivity index is 2.49. The van der Waals surface area contributed by atoms with E-state index in [1.807, 2.05) is 6.20 Å². The van der Waals surface area contributed by atoms with Crippen LogP contribution in [0.5, 0.6) is 0 Å². The minimum atomic E-state index is 0.662. The first-order chi connectivity index (χ1) is 4.38. The molecule has 1 aliphatic heterocycles. The number of hydrogen-bond acceptors (Lipinski definition) is 1. The summed E-state index contributed by atoms with van der Waals surface area (Å²) in [5, 5.41) is 3.30. The van der Waals surface area contributed by atoms with Crippen molar-refractivity contribution in [2.24, 2.45) is 0 Å². The van der Waals surface area contributed by atoms with Crippen molar-refractivity contribution in [1.29, 1.82) is 0 Å². The van der Waals surface area contributed by atoms with Gasteiger partial charge in [0.2, 0.25) is 0 Å². The van der Waals surface area contributed by atoms with Gasteiger partial charge in [0, 0.05) is 24.4 Å². The van der Waals surface area contributed by atoms with Crippen molar-refractivity contribution in [3.8, 4) is 0 Å². The summed E-state index contributed by atoms with van der Waals surface area (Å²) >= 11 is 0. The summed E-state index contributed by atoms with van der Waals surface area (Å²) < 4.78 is 0. The zero-order valence-corrected chi connectivity index (χ0v) is 5.44. The number of aromatic nitrogens is 1. The molecule has 0 radical (unpaired) electrons. The van der Waals surface area contributed by atoms with E-state index in [1.54, 1.807) is 0 Å². The fraction of sp³-hybridized carbons (Fsp3) is 0.429. The molecule has 0 bridgehead atoms. The Bertz CT molecular complexity index is 214. The van der Waals surface area contributed by atoms with Crippen molar-refractivity contribution in [3.63, 3.8) is 0 Å². The number of rotatable bonds is 0. The average Bonchev–Trinajstić information content (AvgIpc) is 2.35. The Labute approximate surface area is 54.3 Å². The largest absolute Gasteiger partial charge is 0.383 e. The molecule has 2 heteroatoms. The van der Waals surface area contributed by atoms with Gasteiger partial charge in [0.25, 0.3) is 0 Å². The van der Waals surface area contributed by atoms with Gasteiger partial charge in [-0.2, -0.15) is 0 Å². The molecule has 0 fully saturated rings. The summed E-state index contributed by atoms with van der Waals surface area (Å²) in [6.45, 7) is 3.30. The van der Waals surface area contributed by atoms with Crippen molar-refractivity contribution in [1.82, 2.24) is 4.98 Å². The third-order valence-corrected chi connectivity index (χ3v) is 1.87. The standard InChI is InChI=1S/C7H10N2/c1-5-4-9-6-2-3-8-7(5)6/h2-3,5,8-9H,4H2,1H3. The number of nitrogens with one attached hydrogen (secondary N) is 2. The number of H-pyrrole nitrogens is 1. The third-order valence-electron chi connectivity index (χ3n) is 1.87. The SMILES string of the molecule is CC1CNc2cc[nH]c21. The van der Waals surface area contributed by atoms with E-state index in [9.17, 15) is 0 Å². The molecule has 9 heavy (non-hydrogen) atoms. The van der Waals surface area contributed by atoms with Gasteiger partial charge >= 0.3 is 0 Å². The van der Waals surface area contributed by atoms with Crippen LogP contribution in [0.4, 0.5) is 5.69 Å². The lowest BCUT2D eigenvalue weighted by molar-refractivity contribution is 0.824. The molecule has 1 aromatic heterocycles. The highest BCUT2D eigenvalue weighted by Gasteiger charge is 2.17. The van der Waals surface area contributed by atoms with Crippen molar-refractivity contribution >= 4 is 5.69 Å². The summed E-state index contributed by atoms with van der Waals surface area (Å²) in [6.07, 6.45) is 1.98. The van der Waals surface area contributed by atoms with Crippen LogP contribution in [0.15, 0.2) is 12.3 Å². The van der Waals surface area contributed by atoms with Gasteiger partial charge < -0.3 is 10.3 Å². The maximum Gasteiger partial charge on any atom is 0.0554 e. The molecule has 2 heterocycles. The van der Waals surface area contributed by atoms with Crippen LogP contribution in [-0.2, 0) is 0 Å². The van der Waals surface area contributed by atoms with E-state index in [0.29, 0.717) is 5.92 Å². The number of aromatic amines is 1. The highest BCUT2D eigenvalue weighted by Crippen LogP contribution is 2.28. The summed E-state index contributed by atoms with van der Waals surface area (Å²) in [5.74, 6) is 0.662. The average molecular weight is 122 g/mol. The molecule has 1 aromatic rings. The van der Waals surface area contributed by atoms with Crippen LogP contribution in [0.2, 0.25) is 0 Å². The van der Waals surface area contributed by atoms with Crippen LogP contribution in [0, 0.1) is 0 Å². The Hall–Kier alpha value is -0.920. The minimum absolute atomic E-state index is 0.662. The Morgan fingerprint density at radius 1 is 1.67 bits per heavy atom. The van der Waals surface area contributed by atoms with Crippen molar-refractivity contribution in [3.05, 3.63) is 18.0 Å². The Morgan fingerprint density at radius 2 is 2.56 bits per heavy atom. The van der Waals surface area contributed by atoms with Gasteiger partial charge in [0.1, 0.15) is 0 Å². The van der Waals surface area contributed by atoms with Gasteiger partial charge in [0.05, 0.1) is 5.69 Å². The predicted octanol–water partition coefficient (Wildman–Crippen LogP) is 1.54. The van der Waals surface area contributed by atoms with Crippen LogP contribution in [0.1, 0.15) is 18.5 Å². The lowest BCUT2D eigenvalue weighted by Crippen LogP contribution is -1.97. The van der Waals surface area contributed by atoms with Crippen molar-refractivity contribution in [2.45, 2.75) is 12.8 Å². The van der Waals surface area contributed by atoms with Crippen LogP contribution in [0.25, 0.3) is 0 Å². The molecule has 1 unspecified atom stereocenters. The second kappa shape index (κ2) is 1.53. The van der Waals surface area contributed by atoms with Crippen LogP contribution in [-0.4, -0.2) is 11.5 Å². The first kappa shape index (κ1) is 4.91. The van der Waals surface area contributed by atoms with Gasteiger partial charge in [-0.15, -0.1) is 0 Å². The first-order valence-corrected chi connectivity index (χ1v) is 3.29. The highest BCUT2D eigenvalue weighted by atomic mass is 15.0. The topological polar surface area (TPSA) is 27.8 Å². The lowest BCUT2D eigenvalue weighted by Gasteiger charge is -1.95. The fourth-order valence-electron chi connectivity index (χ4n) is 1.31. The molecule has 1 atom stereocenters. The van der Waals surface area contributed by atoms with E-state index in [1.165, 1.54) is 11.4 Å². The summed E-state index contributed by atoms with van der Waals surface area (Å²) in [5.41, 5.74) is 2.64. The molecular weight excluding hydrogens is 112 g/mol. The van der Waals surface area contributed by atoms with Gasteiger partial charge in [-0.25, -0.2) is 0 Å². The number of fused-ring (bicyclic) bond motifs is 1. The molecule has 0 spiro atoms. The lowest BCUT2D eigenvalue weighted by atomic mass is 10.1. The zero-order chi connectivity index (χ0) is 6.27. The third kappa shape index (κ3) is 0.559. The fourth-order valence-corrected chi connectivity index (χ4v) is 1.31. The molecule has 0 saturated heterocycles. The van der Waals surface area contributed by atoms with Gasteiger partial charge in [-0.3, -0.25) is 0 Å². The van der Waals surface area contributed by atoms with E-state index in [4.69, 9.17) is 0 Å². The van der Waals surface area contributed by atoms with Crippen LogP contribution < -0.4 is 5.32 Å². The molecule has 0 saturated carbocycles. The number of anilines is 1. The second-order valence-electron chi connectivity index (χ2n) is 2.59. The summed E-state index contributed by atoms with van der Waals surface area (Å²) in [6, 6.07) is 2.08. The molecule has 48 valence electrons. The maximum absolute atomic E-state index is 3.30. The predicted molar refractivity (Wildman–Crippen MR) is 37.7 cm³/mol. The molecule has 2 nitrogen and oxygen atoms in total. The molecule has 1 aliphatic rings. The van der Waals surface area contributed by atoms with E-state index in [2.05, 4.69) is 23.3 Å². The quantitative estimate of drug-likeness (QED) is 0.536. The Kier molecular flexibility index (Phi) is 0.835. The van der Waals surface area contributed by atoms with E-state index >= 15 is 0 Å². The molecule has 0 aliphatic carbocycles. The molecule has 2 N–H and O–H groups in total. The monoisotopic (exact) mass is 122 g/mol. The normalized spacial score (nSPS) is 23.4.